The minimum absolute atomic E-state index is 0.153. The average molecular weight is 564 g/mol. The van der Waals surface area contributed by atoms with E-state index in [1.807, 2.05) is 0 Å². The first-order chi connectivity index (χ1) is 20.0. The number of benzene rings is 4. The number of fused-ring (bicyclic) bond motifs is 1. The molecule has 4 aliphatic rings. The van der Waals surface area contributed by atoms with Crippen molar-refractivity contribution in [3.8, 4) is 22.3 Å². The van der Waals surface area contributed by atoms with Crippen LogP contribution < -0.4 is 0 Å². The molecule has 0 nitrogen and oxygen atoms in total. The zero-order valence-corrected chi connectivity index (χ0v) is 27.5. The summed E-state index contributed by atoms with van der Waals surface area (Å²) in [6.07, 6.45) is 3.53. The van der Waals surface area contributed by atoms with Crippen molar-refractivity contribution in [3.63, 3.8) is 0 Å². The van der Waals surface area contributed by atoms with Gasteiger partial charge < -0.3 is 0 Å². The maximum absolute atomic E-state index is 4.09. The van der Waals surface area contributed by atoms with Gasteiger partial charge in [0.15, 0.2) is 0 Å². The van der Waals surface area contributed by atoms with Gasteiger partial charge in [0.05, 0.1) is 8.07 Å². The highest BCUT2D eigenvalue weighted by Crippen LogP contribution is 2.66. The molecule has 2 bridgehead atoms. The van der Waals surface area contributed by atoms with Crippen molar-refractivity contribution in [2.24, 2.45) is 5.92 Å². The molecule has 4 aromatic rings. The van der Waals surface area contributed by atoms with Crippen molar-refractivity contribution in [2.45, 2.75) is 77.9 Å². The van der Waals surface area contributed by atoms with E-state index >= 15 is 0 Å². The van der Waals surface area contributed by atoms with Gasteiger partial charge >= 0.3 is 0 Å². The first-order valence-electron chi connectivity index (χ1n) is 15.9. The Morgan fingerprint density at radius 3 is 2.19 bits per heavy atom. The van der Waals surface area contributed by atoms with E-state index in [1.54, 1.807) is 16.3 Å². The molecule has 1 radical (unpaired) electrons. The summed E-state index contributed by atoms with van der Waals surface area (Å²) in [6.45, 7) is 19.1. The molecular weight excluding hydrogens is 521 g/mol. The molecule has 2 aliphatic carbocycles. The molecule has 2 heterocycles. The van der Waals surface area contributed by atoms with Crippen LogP contribution in [0.2, 0.25) is 13.1 Å². The van der Waals surface area contributed by atoms with Gasteiger partial charge in [-0.1, -0.05) is 156 Å². The lowest BCUT2D eigenvalue weighted by atomic mass is 9.82. The first kappa shape index (κ1) is 27.4. The Morgan fingerprint density at radius 1 is 0.833 bits per heavy atom. The maximum Gasteiger partial charge on any atom is 0.0931 e. The zero-order chi connectivity index (χ0) is 29.6. The SMILES string of the molecule is CCC1=Cc2c(-c3ccc(C(C)(C)C)cc3)cccc2C1c1[c]c(-c2ccccc2)c2c(c1)C1C(C(C)C)=C2[Si]1(C)C. The molecule has 2 aliphatic heterocycles. The lowest BCUT2D eigenvalue weighted by Gasteiger charge is -2.42. The molecule has 1 heteroatoms. The number of allylic oxidation sites excluding steroid dienone is 2. The Balaban J connectivity index is 1.40. The fourth-order valence-corrected chi connectivity index (χ4v) is 12.7. The normalized spacial score (nSPS) is 20.0. The average Bonchev–Trinajstić information content (AvgIpc) is 3.61. The van der Waals surface area contributed by atoms with E-state index in [2.05, 4.69) is 146 Å². The lowest BCUT2D eigenvalue weighted by molar-refractivity contribution is 0.590. The third-order valence-electron chi connectivity index (χ3n) is 10.3. The van der Waals surface area contributed by atoms with Gasteiger partial charge in [0.1, 0.15) is 0 Å². The van der Waals surface area contributed by atoms with Gasteiger partial charge in [-0.2, -0.15) is 0 Å². The molecule has 2 atom stereocenters. The molecule has 211 valence electrons. The van der Waals surface area contributed by atoms with Crippen LogP contribution in [0.4, 0.5) is 0 Å². The molecule has 0 spiro atoms. The summed E-state index contributed by atoms with van der Waals surface area (Å²) >= 11 is 0. The summed E-state index contributed by atoms with van der Waals surface area (Å²) in [4.78, 5) is 0. The van der Waals surface area contributed by atoms with Crippen molar-refractivity contribution in [1.29, 1.82) is 0 Å². The summed E-state index contributed by atoms with van der Waals surface area (Å²) < 4.78 is 0. The Morgan fingerprint density at radius 2 is 1.55 bits per heavy atom. The van der Waals surface area contributed by atoms with E-state index < -0.39 is 8.07 Å². The molecule has 4 aromatic carbocycles. The summed E-state index contributed by atoms with van der Waals surface area (Å²) in [5.74, 6) is 0.845. The highest BCUT2D eigenvalue weighted by atomic mass is 28.3. The standard InChI is InChI=1S/C41H43Si/c1-9-26-22-34-31(28-18-20-30(21-19-28)41(4,5)6)16-13-17-32(34)37(26)29-23-33(27-14-11-10-12-15-27)38-35(24-29)39-36(25(2)3)40(38)42(39,7)8/h10-22,24-25,37,39H,9H2,1-8H3. The smallest absolute Gasteiger partial charge is 0.0647 e. The monoisotopic (exact) mass is 563 g/mol. The summed E-state index contributed by atoms with van der Waals surface area (Å²) in [5.41, 5.74) is 18.0. The van der Waals surface area contributed by atoms with E-state index in [0.717, 1.165) is 6.42 Å². The number of hydrogen-bond donors (Lipinski definition) is 0. The molecule has 8 rings (SSSR count). The van der Waals surface area contributed by atoms with Crippen LogP contribution >= 0.6 is 0 Å². The van der Waals surface area contributed by atoms with Crippen LogP contribution in [0.1, 0.15) is 92.8 Å². The molecule has 42 heavy (non-hydrogen) atoms. The van der Waals surface area contributed by atoms with Crippen LogP contribution in [0.3, 0.4) is 0 Å². The summed E-state index contributed by atoms with van der Waals surface area (Å²) in [6, 6.07) is 33.9. The molecule has 0 fully saturated rings. The molecule has 0 amide bonds. The molecule has 0 N–H and O–H groups in total. The third kappa shape index (κ3) is 3.93. The number of rotatable bonds is 5. The second-order valence-electron chi connectivity index (χ2n) is 14.6. The van der Waals surface area contributed by atoms with Gasteiger partial charge in [-0.15, -0.1) is 0 Å². The van der Waals surface area contributed by atoms with Crippen LogP contribution in [-0.2, 0) is 5.41 Å². The van der Waals surface area contributed by atoms with Gasteiger partial charge in [0.2, 0.25) is 0 Å². The molecule has 0 aromatic heterocycles. The Kier molecular flexibility index (Phi) is 6.23. The van der Waals surface area contributed by atoms with Crippen LogP contribution in [0.15, 0.2) is 90.0 Å². The van der Waals surface area contributed by atoms with Gasteiger partial charge in [0, 0.05) is 11.5 Å². The van der Waals surface area contributed by atoms with Crippen LogP contribution in [0.5, 0.6) is 0 Å². The second kappa shape index (κ2) is 9.54. The number of hydrogen-bond acceptors (Lipinski definition) is 0. The van der Waals surface area contributed by atoms with Crippen molar-refractivity contribution >= 4 is 19.3 Å². The summed E-state index contributed by atoms with van der Waals surface area (Å²) in [5, 5.41) is 1.72. The minimum Gasteiger partial charge on any atom is -0.0647 e. The zero-order valence-electron chi connectivity index (χ0n) is 26.5. The predicted octanol–water partition coefficient (Wildman–Crippen LogP) is 11.4. The fraction of sp³-hybridized carbons (Fsp3) is 0.317. The highest BCUT2D eigenvalue weighted by Gasteiger charge is 2.58. The maximum atomic E-state index is 4.09. The van der Waals surface area contributed by atoms with Gasteiger partial charge in [-0.3, -0.25) is 0 Å². The van der Waals surface area contributed by atoms with Crippen molar-refractivity contribution in [1.82, 2.24) is 0 Å². The summed E-state index contributed by atoms with van der Waals surface area (Å²) in [7, 11) is -1.53. The van der Waals surface area contributed by atoms with E-state index in [-0.39, 0.29) is 11.3 Å². The largest absolute Gasteiger partial charge is 0.0931 e. The quantitative estimate of drug-likeness (QED) is 0.212. The van der Waals surface area contributed by atoms with Crippen LogP contribution in [-0.4, -0.2) is 8.07 Å². The van der Waals surface area contributed by atoms with Crippen LogP contribution in [0, 0.1) is 12.0 Å². The van der Waals surface area contributed by atoms with Crippen molar-refractivity contribution in [2.75, 3.05) is 0 Å². The van der Waals surface area contributed by atoms with E-state index in [0.29, 0.717) is 11.5 Å². The van der Waals surface area contributed by atoms with Crippen molar-refractivity contribution in [3.05, 3.63) is 129 Å². The topological polar surface area (TPSA) is 0 Å². The highest BCUT2D eigenvalue weighted by molar-refractivity contribution is 7.01. The van der Waals surface area contributed by atoms with Gasteiger partial charge in [-0.25, -0.2) is 0 Å². The Labute approximate surface area is 254 Å². The van der Waals surface area contributed by atoms with E-state index in [4.69, 9.17) is 0 Å². The molecule has 0 saturated carbocycles. The fourth-order valence-electron chi connectivity index (χ4n) is 8.26. The third-order valence-corrected chi connectivity index (χ3v) is 14.2. The van der Waals surface area contributed by atoms with E-state index in [1.165, 1.54) is 55.6 Å². The minimum atomic E-state index is -1.53. The predicted molar refractivity (Wildman–Crippen MR) is 183 cm³/mol. The van der Waals surface area contributed by atoms with Gasteiger partial charge in [0.25, 0.3) is 0 Å². The lowest BCUT2D eigenvalue weighted by Crippen LogP contribution is -2.43. The molecular formula is C41H43Si. The van der Waals surface area contributed by atoms with Crippen LogP contribution in [0.25, 0.3) is 33.5 Å². The molecule has 2 unspecified atom stereocenters. The second-order valence-corrected chi connectivity index (χ2v) is 19.1. The Bertz CT molecular complexity index is 1770. The van der Waals surface area contributed by atoms with E-state index in [9.17, 15) is 0 Å². The van der Waals surface area contributed by atoms with Crippen molar-refractivity contribution < 1.29 is 0 Å². The van der Waals surface area contributed by atoms with Gasteiger partial charge in [-0.05, 0) is 79.5 Å². The first-order valence-corrected chi connectivity index (χ1v) is 18.9. The Hall–Kier alpha value is -3.42. The molecule has 0 saturated heterocycles.